The first-order chi connectivity index (χ1) is 7.16. The minimum Gasteiger partial charge on any atom is -0.377 e. The van der Waals surface area contributed by atoms with Gasteiger partial charge in [0.2, 0.25) is 0 Å². The summed E-state index contributed by atoms with van der Waals surface area (Å²) in [5.74, 6) is -0.743. The number of allylic oxidation sites excluding steroid dienone is 1. The highest BCUT2D eigenvalue weighted by atomic mass is 35.5. The van der Waals surface area contributed by atoms with Crippen LogP contribution >= 0.6 is 11.6 Å². The van der Waals surface area contributed by atoms with E-state index in [1.807, 2.05) is 0 Å². The Morgan fingerprint density at radius 1 is 1.33 bits per heavy atom. The standard InChI is InChI=1S/C11H12ClF2N/c1-8-4-5-9(13)11(10(8)14)15-7-3-2-6-12/h2-5,15H,6-7H2,1H3/b3-2+. The van der Waals surface area contributed by atoms with Gasteiger partial charge in [-0.1, -0.05) is 18.2 Å². The zero-order chi connectivity index (χ0) is 11.3. The van der Waals surface area contributed by atoms with Gasteiger partial charge in [0.25, 0.3) is 0 Å². The summed E-state index contributed by atoms with van der Waals surface area (Å²) in [6.07, 6.45) is 3.42. The van der Waals surface area contributed by atoms with Crippen LogP contribution < -0.4 is 5.32 Å². The Balaban J connectivity index is 2.75. The molecule has 1 aromatic rings. The van der Waals surface area contributed by atoms with Crippen molar-refractivity contribution in [1.29, 1.82) is 0 Å². The molecule has 0 aromatic heterocycles. The van der Waals surface area contributed by atoms with Crippen LogP contribution in [0.5, 0.6) is 0 Å². The maximum Gasteiger partial charge on any atom is 0.152 e. The van der Waals surface area contributed by atoms with Crippen LogP contribution in [0.25, 0.3) is 0 Å². The Bertz CT molecular complexity index is 364. The first kappa shape index (κ1) is 12.0. The maximum absolute atomic E-state index is 13.4. The fourth-order valence-corrected chi connectivity index (χ4v) is 1.25. The largest absolute Gasteiger partial charge is 0.377 e. The van der Waals surface area contributed by atoms with Gasteiger partial charge in [0, 0.05) is 12.4 Å². The number of alkyl halides is 1. The van der Waals surface area contributed by atoms with Crippen LogP contribution in [-0.2, 0) is 0 Å². The normalized spacial score (nSPS) is 10.9. The van der Waals surface area contributed by atoms with Crippen molar-refractivity contribution >= 4 is 17.3 Å². The topological polar surface area (TPSA) is 12.0 Å². The molecule has 15 heavy (non-hydrogen) atoms. The number of nitrogens with one attached hydrogen (secondary N) is 1. The molecule has 0 aliphatic rings. The highest BCUT2D eigenvalue weighted by Gasteiger charge is 2.09. The van der Waals surface area contributed by atoms with Gasteiger partial charge in [-0.2, -0.15) is 0 Å². The van der Waals surface area contributed by atoms with Crippen LogP contribution in [0.3, 0.4) is 0 Å². The molecule has 0 saturated carbocycles. The van der Waals surface area contributed by atoms with Crippen LogP contribution in [0.4, 0.5) is 14.5 Å². The van der Waals surface area contributed by atoms with Crippen molar-refractivity contribution in [2.75, 3.05) is 17.7 Å². The molecule has 1 aromatic carbocycles. The Morgan fingerprint density at radius 3 is 2.73 bits per heavy atom. The highest BCUT2D eigenvalue weighted by Crippen LogP contribution is 2.21. The lowest BCUT2D eigenvalue weighted by Gasteiger charge is -2.08. The van der Waals surface area contributed by atoms with Crippen LogP contribution in [0.15, 0.2) is 24.3 Å². The van der Waals surface area contributed by atoms with E-state index in [0.29, 0.717) is 18.0 Å². The number of halogens is 3. The van der Waals surface area contributed by atoms with E-state index in [-0.39, 0.29) is 5.69 Å². The summed E-state index contributed by atoms with van der Waals surface area (Å²) in [5, 5.41) is 2.66. The lowest BCUT2D eigenvalue weighted by molar-refractivity contribution is 0.583. The summed E-state index contributed by atoms with van der Waals surface area (Å²) in [6.45, 7) is 1.94. The second-order valence-electron chi connectivity index (χ2n) is 3.06. The van der Waals surface area contributed by atoms with Gasteiger partial charge < -0.3 is 5.32 Å². The molecule has 0 bridgehead atoms. The van der Waals surface area contributed by atoms with E-state index in [4.69, 9.17) is 11.6 Å². The summed E-state index contributed by atoms with van der Waals surface area (Å²) in [7, 11) is 0. The third-order valence-electron chi connectivity index (χ3n) is 1.94. The summed E-state index contributed by atoms with van der Waals surface area (Å²) < 4.78 is 26.6. The van der Waals surface area contributed by atoms with E-state index in [2.05, 4.69) is 5.32 Å². The van der Waals surface area contributed by atoms with E-state index in [9.17, 15) is 8.78 Å². The first-order valence-corrected chi connectivity index (χ1v) is 5.09. The van der Waals surface area contributed by atoms with Crippen LogP contribution in [-0.4, -0.2) is 12.4 Å². The molecular weight excluding hydrogens is 220 g/mol. The Hall–Kier alpha value is -1.09. The molecule has 0 radical (unpaired) electrons. The van der Waals surface area contributed by atoms with Crippen molar-refractivity contribution in [3.05, 3.63) is 41.5 Å². The highest BCUT2D eigenvalue weighted by molar-refractivity contribution is 6.18. The summed E-state index contributed by atoms with van der Waals surface area (Å²) in [6, 6.07) is 2.65. The van der Waals surface area contributed by atoms with E-state index in [0.717, 1.165) is 0 Å². The van der Waals surface area contributed by atoms with Gasteiger partial charge in [0.1, 0.15) is 11.5 Å². The molecule has 4 heteroatoms. The molecule has 0 atom stereocenters. The van der Waals surface area contributed by atoms with Crippen LogP contribution in [0.1, 0.15) is 5.56 Å². The van der Waals surface area contributed by atoms with E-state index < -0.39 is 11.6 Å². The predicted octanol–water partition coefficient (Wildman–Crippen LogP) is 3.48. The van der Waals surface area contributed by atoms with Crippen LogP contribution in [0.2, 0.25) is 0 Å². The monoisotopic (exact) mass is 231 g/mol. The number of aryl methyl sites for hydroxylation is 1. The molecule has 0 heterocycles. The van der Waals surface area contributed by atoms with Gasteiger partial charge in [-0.3, -0.25) is 0 Å². The second kappa shape index (κ2) is 5.71. The van der Waals surface area contributed by atoms with Gasteiger partial charge >= 0.3 is 0 Å². The molecule has 0 aliphatic carbocycles. The molecule has 1 rings (SSSR count). The smallest absolute Gasteiger partial charge is 0.152 e. The molecule has 0 amide bonds. The lowest BCUT2D eigenvalue weighted by Crippen LogP contribution is -2.04. The number of hydrogen-bond acceptors (Lipinski definition) is 1. The second-order valence-corrected chi connectivity index (χ2v) is 3.37. The van der Waals surface area contributed by atoms with Gasteiger partial charge in [-0.25, -0.2) is 8.78 Å². The molecule has 0 spiro atoms. The first-order valence-electron chi connectivity index (χ1n) is 4.56. The third kappa shape index (κ3) is 3.20. The summed E-state index contributed by atoms with van der Waals surface area (Å²) in [5.41, 5.74) is 0.328. The molecule has 0 aliphatic heterocycles. The van der Waals surface area contributed by atoms with Crippen molar-refractivity contribution in [1.82, 2.24) is 0 Å². The zero-order valence-corrected chi connectivity index (χ0v) is 9.11. The lowest BCUT2D eigenvalue weighted by atomic mass is 10.2. The van der Waals surface area contributed by atoms with Crippen molar-refractivity contribution in [2.45, 2.75) is 6.92 Å². The Kier molecular flexibility index (Phi) is 4.56. The maximum atomic E-state index is 13.4. The third-order valence-corrected chi connectivity index (χ3v) is 2.11. The number of hydrogen-bond donors (Lipinski definition) is 1. The molecule has 0 saturated heterocycles. The van der Waals surface area contributed by atoms with E-state index >= 15 is 0 Å². The molecule has 1 nitrogen and oxygen atoms in total. The number of benzene rings is 1. The minimum atomic E-state index is -0.586. The average molecular weight is 232 g/mol. The molecule has 0 fully saturated rings. The average Bonchev–Trinajstić information content (AvgIpc) is 2.23. The quantitative estimate of drug-likeness (QED) is 0.618. The van der Waals surface area contributed by atoms with Crippen molar-refractivity contribution < 1.29 is 8.78 Å². The fraction of sp³-hybridized carbons (Fsp3) is 0.273. The number of anilines is 1. The van der Waals surface area contributed by atoms with Gasteiger partial charge in [0.15, 0.2) is 5.82 Å². The van der Waals surface area contributed by atoms with E-state index in [1.54, 1.807) is 19.1 Å². The number of rotatable bonds is 4. The predicted molar refractivity (Wildman–Crippen MR) is 59.4 cm³/mol. The van der Waals surface area contributed by atoms with Gasteiger partial charge in [-0.15, -0.1) is 11.6 Å². The summed E-state index contributed by atoms with van der Waals surface area (Å²) >= 11 is 5.41. The molecule has 82 valence electrons. The van der Waals surface area contributed by atoms with Gasteiger partial charge in [0.05, 0.1) is 0 Å². The van der Waals surface area contributed by atoms with Gasteiger partial charge in [-0.05, 0) is 18.6 Å². The van der Waals surface area contributed by atoms with Crippen molar-refractivity contribution in [2.24, 2.45) is 0 Å². The van der Waals surface area contributed by atoms with Crippen molar-refractivity contribution in [3.63, 3.8) is 0 Å². The fourth-order valence-electron chi connectivity index (χ4n) is 1.13. The molecule has 0 unspecified atom stereocenters. The van der Waals surface area contributed by atoms with Crippen molar-refractivity contribution in [3.8, 4) is 0 Å². The van der Waals surface area contributed by atoms with E-state index in [1.165, 1.54) is 12.1 Å². The zero-order valence-electron chi connectivity index (χ0n) is 8.36. The molecule has 1 N–H and O–H groups in total. The summed E-state index contributed by atoms with van der Waals surface area (Å²) in [4.78, 5) is 0. The molecular formula is C11H12ClF2N. The Morgan fingerprint density at radius 2 is 2.07 bits per heavy atom. The Labute approximate surface area is 92.8 Å². The van der Waals surface area contributed by atoms with Crippen LogP contribution in [0, 0.1) is 18.6 Å². The SMILES string of the molecule is Cc1ccc(F)c(NC/C=C/CCl)c1F. The minimum absolute atomic E-state index is 0.0887.